The second kappa shape index (κ2) is 8.03. The fraction of sp³-hybridized carbons (Fsp3) is 0.280. The van der Waals surface area contributed by atoms with E-state index in [1.165, 1.54) is 12.0 Å². The molecule has 3 aliphatic heterocycles. The SMILES string of the molecule is COc1ccc(CN2C3CC2CN(c2ccc(-c4cc(Br)cn5nc6[nH]ncc6c45)cn2)C3)cn1. The first kappa shape index (κ1) is 20.8. The van der Waals surface area contributed by atoms with Crippen molar-refractivity contribution < 1.29 is 4.74 Å². The smallest absolute Gasteiger partial charge is 0.212 e. The number of hydrogen-bond acceptors (Lipinski definition) is 7. The highest BCUT2D eigenvalue weighted by atomic mass is 79.9. The first-order chi connectivity index (χ1) is 17.2. The summed E-state index contributed by atoms with van der Waals surface area (Å²) >= 11 is 3.62. The summed E-state index contributed by atoms with van der Waals surface area (Å²) in [6.45, 7) is 2.91. The maximum Gasteiger partial charge on any atom is 0.212 e. The molecule has 0 spiro atoms. The van der Waals surface area contributed by atoms with Crippen molar-refractivity contribution in [2.45, 2.75) is 25.0 Å². The molecule has 0 aliphatic carbocycles. The van der Waals surface area contributed by atoms with Gasteiger partial charge in [-0.2, -0.15) is 5.10 Å². The van der Waals surface area contributed by atoms with Crippen LogP contribution in [-0.4, -0.2) is 67.0 Å². The van der Waals surface area contributed by atoms with Crippen molar-refractivity contribution in [2.24, 2.45) is 0 Å². The normalized spacial score (nSPS) is 19.9. The van der Waals surface area contributed by atoms with Crippen LogP contribution in [0.3, 0.4) is 0 Å². The monoisotopic (exact) mass is 530 g/mol. The lowest BCUT2D eigenvalue weighted by molar-refractivity contribution is -0.00876. The van der Waals surface area contributed by atoms with Crippen LogP contribution in [-0.2, 0) is 6.54 Å². The average molecular weight is 531 g/mol. The maximum absolute atomic E-state index is 5.18. The van der Waals surface area contributed by atoms with Crippen molar-refractivity contribution in [1.82, 2.24) is 34.7 Å². The van der Waals surface area contributed by atoms with Gasteiger partial charge in [0, 0.05) is 72.0 Å². The molecule has 0 saturated carbocycles. The molecule has 10 heteroatoms. The molecular formula is C25H23BrN8O. The Morgan fingerprint density at radius 3 is 2.71 bits per heavy atom. The number of piperidine rings is 1. The highest BCUT2D eigenvalue weighted by Crippen LogP contribution is 2.37. The number of piperazine rings is 1. The number of aromatic nitrogens is 6. The van der Waals surface area contributed by atoms with E-state index in [9.17, 15) is 0 Å². The minimum absolute atomic E-state index is 0.545. The van der Waals surface area contributed by atoms with Crippen molar-refractivity contribution in [3.05, 3.63) is 65.2 Å². The Labute approximate surface area is 209 Å². The van der Waals surface area contributed by atoms with E-state index in [2.05, 4.69) is 70.3 Å². The minimum Gasteiger partial charge on any atom is -0.481 e. The fourth-order valence-electron chi connectivity index (χ4n) is 5.45. The number of rotatable bonds is 5. The lowest BCUT2D eigenvalue weighted by atomic mass is 9.87. The van der Waals surface area contributed by atoms with Gasteiger partial charge in [0.05, 0.1) is 24.2 Å². The quantitative estimate of drug-likeness (QED) is 0.368. The number of fused-ring (bicyclic) bond motifs is 5. The van der Waals surface area contributed by atoms with Gasteiger partial charge >= 0.3 is 0 Å². The molecule has 3 saturated heterocycles. The third kappa shape index (κ3) is 3.47. The van der Waals surface area contributed by atoms with Crippen LogP contribution < -0.4 is 9.64 Å². The number of nitrogens with one attached hydrogen (secondary N) is 1. The van der Waals surface area contributed by atoms with Gasteiger partial charge in [0.1, 0.15) is 5.82 Å². The van der Waals surface area contributed by atoms with E-state index >= 15 is 0 Å². The number of aromatic amines is 1. The lowest BCUT2D eigenvalue weighted by Crippen LogP contribution is -2.68. The van der Waals surface area contributed by atoms with Gasteiger partial charge in [0.15, 0.2) is 5.65 Å². The molecule has 1 N–H and O–H groups in total. The van der Waals surface area contributed by atoms with Crippen LogP contribution in [0.2, 0.25) is 0 Å². The van der Waals surface area contributed by atoms with Crippen molar-refractivity contribution >= 4 is 38.3 Å². The summed E-state index contributed by atoms with van der Waals surface area (Å²) in [5, 5.41) is 12.7. The molecule has 35 heavy (non-hydrogen) atoms. The van der Waals surface area contributed by atoms with E-state index in [0.29, 0.717) is 18.0 Å². The van der Waals surface area contributed by atoms with E-state index in [1.807, 2.05) is 35.4 Å². The highest BCUT2D eigenvalue weighted by molar-refractivity contribution is 9.10. The molecule has 0 aromatic carbocycles. The Bertz CT molecular complexity index is 1520. The van der Waals surface area contributed by atoms with Gasteiger partial charge in [-0.25, -0.2) is 14.5 Å². The number of methoxy groups -OCH3 is 1. The number of nitrogens with zero attached hydrogens (tertiary/aromatic N) is 7. The zero-order valence-electron chi connectivity index (χ0n) is 19.1. The third-order valence-corrected chi connectivity index (χ3v) is 7.63. The molecule has 3 aliphatic rings. The molecule has 176 valence electrons. The Hall–Kier alpha value is -3.50. The van der Waals surface area contributed by atoms with E-state index in [0.717, 1.165) is 57.6 Å². The topological polar surface area (TPSA) is 87.5 Å². The Balaban J connectivity index is 1.10. The minimum atomic E-state index is 0.545. The van der Waals surface area contributed by atoms with Gasteiger partial charge < -0.3 is 9.64 Å². The van der Waals surface area contributed by atoms with E-state index in [4.69, 9.17) is 9.72 Å². The summed E-state index contributed by atoms with van der Waals surface area (Å²) in [7, 11) is 1.65. The van der Waals surface area contributed by atoms with Crippen LogP contribution in [0.5, 0.6) is 5.88 Å². The van der Waals surface area contributed by atoms with Gasteiger partial charge in [0.25, 0.3) is 0 Å². The third-order valence-electron chi connectivity index (χ3n) is 7.19. The molecule has 3 fully saturated rings. The molecule has 5 aromatic heterocycles. The van der Waals surface area contributed by atoms with Crippen molar-refractivity contribution in [2.75, 3.05) is 25.1 Å². The van der Waals surface area contributed by atoms with Crippen LogP contribution in [0.4, 0.5) is 5.82 Å². The number of H-pyrrole nitrogens is 1. The van der Waals surface area contributed by atoms with Crippen LogP contribution in [0.15, 0.2) is 59.6 Å². The fourth-order valence-corrected chi connectivity index (χ4v) is 5.88. The van der Waals surface area contributed by atoms with Gasteiger partial charge in [-0.3, -0.25) is 10.00 Å². The molecule has 0 amide bonds. The number of hydrogen-bond donors (Lipinski definition) is 1. The Morgan fingerprint density at radius 1 is 1.09 bits per heavy atom. The van der Waals surface area contributed by atoms with E-state index in [1.54, 1.807) is 7.11 Å². The van der Waals surface area contributed by atoms with Crippen LogP contribution in [0.1, 0.15) is 12.0 Å². The summed E-state index contributed by atoms with van der Waals surface area (Å²) in [5.41, 5.74) is 5.15. The summed E-state index contributed by atoms with van der Waals surface area (Å²) in [4.78, 5) is 14.2. The van der Waals surface area contributed by atoms with Crippen LogP contribution in [0.25, 0.3) is 27.7 Å². The van der Waals surface area contributed by atoms with Crippen LogP contribution >= 0.6 is 15.9 Å². The van der Waals surface area contributed by atoms with Gasteiger partial charge in [-0.1, -0.05) is 6.07 Å². The van der Waals surface area contributed by atoms with E-state index < -0.39 is 0 Å². The van der Waals surface area contributed by atoms with Crippen molar-refractivity contribution in [3.8, 4) is 17.0 Å². The van der Waals surface area contributed by atoms with Crippen molar-refractivity contribution in [3.63, 3.8) is 0 Å². The van der Waals surface area contributed by atoms with Gasteiger partial charge in [0.2, 0.25) is 5.88 Å². The predicted octanol–water partition coefficient (Wildman–Crippen LogP) is 3.90. The number of pyridine rings is 3. The van der Waals surface area contributed by atoms with Crippen molar-refractivity contribution in [1.29, 1.82) is 0 Å². The maximum atomic E-state index is 5.18. The zero-order chi connectivity index (χ0) is 23.5. The Morgan fingerprint density at radius 2 is 1.97 bits per heavy atom. The molecule has 0 radical (unpaired) electrons. The van der Waals surface area contributed by atoms with Gasteiger partial charge in [-0.05, 0) is 46.1 Å². The van der Waals surface area contributed by atoms with Gasteiger partial charge in [-0.15, -0.1) is 5.10 Å². The molecule has 8 heterocycles. The molecule has 2 unspecified atom stereocenters. The summed E-state index contributed by atoms with van der Waals surface area (Å²) in [5.74, 6) is 1.69. The standard InChI is InChI=1S/C25H23BrN8O/c1-35-23-5-2-15(8-28-23)11-33-18-7-19(33)14-32(13-18)22-4-3-16(9-27-22)20-6-17(26)12-34-24(20)21-10-29-30-25(21)31-34/h2-6,8-10,12,18-19H,7,11,13-14H2,1H3,(H,30,31). The largest absolute Gasteiger partial charge is 0.481 e. The van der Waals surface area contributed by atoms with E-state index in [-0.39, 0.29) is 0 Å². The first-order valence-corrected chi connectivity index (χ1v) is 12.4. The lowest BCUT2D eigenvalue weighted by Gasteiger charge is -2.56. The number of ether oxygens (including phenoxy) is 1. The Kier molecular flexibility index (Phi) is 4.78. The second-order valence-electron chi connectivity index (χ2n) is 9.23. The molecule has 9 nitrogen and oxygen atoms in total. The highest BCUT2D eigenvalue weighted by Gasteiger charge is 2.44. The number of anilines is 1. The molecule has 2 bridgehead atoms. The molecule has 8 rings (SSSR count). The summed E-state index contributed by atoms with van der Waals surface area (Å²) in [6, 6.07) is 11.5. The average Bonchev–Trinajstić information content (AvgIpc) is 3.48. The first-order valence-electron chi connectivity index (χ1n) is 11.6. The number of halogens is 1. The van der Waals surface area contributed by atoms with Crippen LogP contribution in [0, 0.1) is 0 Å². The molecule has 5 aromatic rings. The zero-order valence-corrected chi connectivity index (χ0v) is 20.7. The summed E-state index contributed by atoms with van der Waals surface area (Å²) in [6.07, 6.45) is 8.92. The molecular weight excluding hydrogens is 508 g/mol. The second-order valence-corrected chi connectivity index (χ2v) is 10.1. The summed E-state index contributed by atoms with van der Waals surface area (Å²) < 4.78 is 8.03. The predicted molar refractivity (Wildman–Crippen MR) is 137 cm³/mol. The molecule has 2 atom stereocenters.